The van der Waals surface area contributed by atoms with Crippen LogP contribution < -0.4 is 5.32 Å². The molecule has 0 heterocycles. The summed E-state index contributed by atoms with van der Waals surface area (Å²) in [6.45, 7) is 7.03. The van der Waals surface area contributed by atoms with Crippen molar-refractivity contribution in [1.29, 1.82) is 0 Å². The molecule has 1 aromatic carbocycles. The van der Waals surface area contributed by atoms with Gasteiger partial charge >= 0.3 is 0 Å². The van der Waals surface area contributed by atoms with Crippen LogP contribution in [0, 0.1) is 6.92 Å². The molecule has 7 heteroatoms. The number of amides is 1. The van der Waals surface area contributed by atoms with Gasteiger partial charge in [-0.3, -0.25) is 14.2 Å². The first kappa shape index (κ1) is 20.3. The van der Waals surface area contributed by atoms with Crippen LogP contribution in [0.2, 0.25) is 0 Å². The zero-order valence-electron chi connectivity index (χ0n) is 13.4. The summed E-state index contributed by atoms with van der Waals surface area (Å²) >= 11 is 0. The highest BCUT2D eigenvalue weighted by atomic mass is 32.2. The molecule has 0 aromatic heterocycles. The van der Waals surface area contributed by atoms with Gasteiger partial charge in [-0.1, -0.05) is 31.7 Å². The number of rotatable bonds is 5. The molecule has 1 unspecified atom stereocenters. The molecule has 0 aliphatic heterocycles. The predicted octanol–water partition coefficient (Wildman–Crippen LogP) is 1.83. The molecule has 0 aliphatic rings. The van der Waals surface area contributed by atoms with E-state index in [0.29, 0.717) is 5.56 Å². The molecule has 0 saturated carbocycles. The summed E-state index contributed by atoms with van der Waals surface area (Å²) in [7, 11) is -0.177. The number of hydrogen-bond donors (Lipinski definition) is 2. The largest absolute Gasteiger partial charge is 0.337 e. The van der Waals surface area contributed by atoms with Crippen molar-refractivity contribution in [2.24, 2.45) is 0 Å². The van der Waals surface area contributed by atoms with Gasteiger partial charge in [0.2, 0.25) is 5.91 Å². The molecule has 2 N–H and O–H groups in total. The minimum absolute atomic E-state index is 0.0278. The number of hydrogen-bond acceptors (Lipinski definition) is 4. The van der Waals surface area contributed by atoms with Crippen LogP contribution in [0.4, 0.5) is 0 Å². The average Bonchev–Trinajstić information content (AvgIpc) is 2.44. The van der Waals surface area contributed by atoms with Crippen LogP contribution in [-0.2, 0) is 14.9 Å². The fourth-order valence-corrected chi connectivity index (χ4v) is 2.39. The summed E-state index contributed by atoms with van der Waals surface area (Å²) in [6.07, 6.45) is 2.29. The fourth-order valence-electron chi connectivity index (χ4n) is 1.67. The first-order valence-electron chi connectivity index (χ1n) is 6.76. The molecule has 22 heavy (non-hydrogen) atoms. The van der Waals surface area contributed by atoms with E-state index in [2.05, 4.69) is 11.9 Å². The van der Waals surface area contributed by atoms with Crippen LogP contribution in [0.1, 0.15) is 18.9 Å². The third-order valence-corrected chi connectivity index (χ3v) is 3.89. The number of aryl methyl sites for hydroxylation is 1. The summed E-state index contributed by atoms with van der Waals surface area (Å²) in [5, 5.41) is 2.78. The average molecular weight is 328 g/mol. The lowest BCUT2D eigenvalue weighted by Crippen LogP contribution is -2.43. The smallest absolute Gasteiger partial charge is 0.294 e. The third-order valence-electron chi connectivity index (χ3n) is 2.88. The van der Waals surface area contributed by atoms with E-state index in [9.17, 15) is 13.2 Å². The lowest BCUT2D eigenvalue weighted by molar-refractivity contribution is -0.118. The van der Waals surface area contributed by atoms with Gasteiger partial charge in [-0.15, -0.1) is 0 Å². The molecule has 1 aromatic rings. The van der Waals surface area contributed by atoms with Crippen molar-refractivity contribution in [3.05, 3.63) is 42.5 Å². The summed E-state index contributed by atoms with van der Waals surface area (Å²) in [5.74, 6) is -0.120. The number of carbonyl (C=O) groups is 1. The van der Waals surface area contributed by atoms with Crippen molar-refractivity contribution in [3.8, 4) is 0 Å². The van der Waals surface area contributed by atoms with E-state index >= 15 is 0 Å². The van der Waals surface area contributed by atoms with E-state index in [4.69, 9.17) is 4.55 Å². The zero-order valence-corrected chi connectivity index (χ0v) is 14.2. The quantitative estimate of drug-likeness (QED) is 0.489. The standard InChI is InChI=1S/C8H16N2O.C7H8O3S/c1-5-7(10(3)4)9-8(11)6-2;1-6-4-2-3-5-7(6)11(8,9)10/h6-7H,2,5H2,1,3-4H3,(H,9,11);2-5H,1H3,(H,8,9,10). The molecule has 0 aliphatic carbocycles. The molecule has 6 nitrogen and oxygen atoms in total. The maximum atomic E-state index is 10.8. The van der Waals surface area contributed by atoms with E-state index in [1.807, 2.05) is 25.9 Å². The lowest BCUT2D eigenvalue weighted by Gasteiger charge is -2.23. The Balaban J connectivity index is 0.000000401. The topological polar surface area (TPSA) is 86.7 Å². The van der Waals surface area contributed by atoms with Crippen LogP contribution in [0.25, 0.3) is 0 Å². The minimum atomic E-state index is -4.03. The molecule has 0 radical (unpaired) electrons. The molecule has 1 amide bonds. The summed E-state index contributed by atoms with van der Waals surface area (Å²) < 4.78 is 29.9. The van der Waals surface area contributed by atoms with Crippen molar-refractivity contribution in [2.45, 2.75) is 31.3 Å². The van der Waals surface area contributed by atoms with Crippen LogP contribution in [-0.4, -0.2) is 44.0 Å². The first-order valence-corrected chi connectivity index (χ1v) is 8.20. The second-order valence-corrected chi connectivity index (χ2v) is 6.23. The summed E-state index contributed by atoms with van der Waals surface area (Å²) in [6, 6.07) is 6.27. The number of nitrogens with one attached hydrogen (secondary N) is 1. The molecular weight excluding hydrogens is 304 g/mol. The monoisotopic (exact) mass is 328 g/mol. The first-order chi connectivity index (χ1) is 10.1. The van der Waals surface area contributed by atoms with Gasteiger partial charge in [0.15, 0.2) is 0 Å². The minimum Gasteiger partial charge on any atom is -0.337 e. The van der Waals surface area contributed by atoms with Gasteiger partial charge in [-0.2, -0.15) is 8.42 Å². The van der Waals surface area contributed by atoms with Crippen molar-refractivity contribution in [2.75, 3.05) is 14.1 Å². The Morgan fingerprint density at radius 3 is 2.27 bits per heavy atom. The van der Waals surface area contributed by atoms with Gasteiger partial charge in [0.05, 0.1) is 11.1 Å². The molecular formula is C15H24N2O4S. The number of carbonyl (C=O) groups excluding carboxylic acids is 1. The van der Waals surface area contributed by atoms with Crippen molar-refractivity contribution < 1.29 is 17.8 Å². The Bertz CT molecular complexity index is 597. The zero-order chi connectivity index (χ0) is 17.3. The maximum absolute atomic E-state index is 10.8. The molecule has 0 fully saturated rings. The third kappa shape index (κ3) is 7.35. The molecule has 124 valence electrons. The Labute approximate surface area is 132 Å². The second-order valence-electron chi connectivity index (χ2n) is 4.84. The van der Waals surface area contributed by atoms with Crippen LogP contribution in [0.5, 0.6) is 0 Å². The van der Waals surface area contributed by atoms with Crippen molar-refractivity contribution >= 4 is 16.0 Å². The summed E-state index contributed by atoms with van der Waals surface area (Å²) in [5.41, 5.74) is 0.551. The van der Waals surface area contributed by atoms with Crippen molar-refractivity contribution in [1.82, 2.24) is 10.2 Å². The highest BCUT2D eigenvalue weighted by molar-refractivity contribution is 7.85. The van der Waals surface area contributed by atoms with Crippen molar-refractivity contribution in [3.63, 3.8) is 0 Å². The molecule has 1 rings (SSSR count). The molecule has 0 saturated heterocycles. The van der Waals surface area contributed by atoms with Gasteiger partial charge in [-0.05, 0) is 45.1 Å². The van der Waals surface area contributed by atoms with Crippen LogP contribution in [0.15, 0.2) is 41.8 Å². The Kier molecular flexibility index (Phi) is 8.62. The summed E-state index contributed by atoms with van der Waals surface area (Å²) in [4.78, 5) is 12.8. The number of benzene rings is 1. The van der Waals surface area contributed by atoms with E-state index in [-0.39, 0.29) is 17.0 Å². The molecule has 0 bridgehead atoms. The SMILES string of the molecule is C=CC(=O)NC(CC)N(C)C.Cc1ccccc1S(=O)(=O)O. The normalized spacial score (nSPS) is 12.1. The Morgan fingerprint density at radius 2 is 1.95 bits per heavy atom. The molecule has 0 spiro atoms. The fraction of sp³-hybridized carbons (Fsp3) is 0.400. The van der Waals surface area contributed by atoms with Crippen LogP contribution >= 0.6 is 0 Å². The van der Waals surface area contributed by atoms with E-state index < -0.39 is 10.1 Å². The Hall–Kier alpha value is -1.70. The van der Waals surface area contributed by atoms with Gasteiger partial charge in [0.1, 0.15) is 0 Å². The Morgan fingerprint density at radius 1 is 1.41 bits per heavy atom. The van der Waals surface area contributed by atoms with E-state index in [1.54, 1.807) is 25.1 Å². The second kappa shape index (κ2) is 9.34. The highest BCUT2D eigenvalue weighted by Crippen LogP contribution is 2.12. The van der Waals surface area contributed by atoms with Gasteiger partial charge in [-0.25, -0.2) is 0 Å². The highest BCUT2D eigenvalue weighted by Gasteiger charge is 2.10. The van der Waals surface area contributed by atoms with Crippen LogP contribution in [0.3, 0.4) is 0 Å². The number of nitrogens with zero attached hydrogens (tertiary/aromatic N) is 1. The molecule has 1 atom stereocenters. The van der Waals surface area contributed by atoms with Gasteiger partial charge in [0, 0.05) is 0 Å². The van der Waals surface area contributed by atoms with Gasteiger partial charge in [0.25, 0.3) is 10.1 Å². The van der Waals surface area contributed by atoms with E-state index in [0.717, 1.165) is 6.42 Å². The predicted molar refractivity (Wildman–Crippen MR) is 87.1 cm³/mol. The maximum Gasteiger partial charge on any atom is 0.294 e. The lowest BCUT2D eigenvalue weighted by atomic mass is 10.2. The van der Waals surface area contributed by atoms with E-state index in [1.165, 1.54) is 12.1 Å². The van der Waals surface area contributed by atoms with Gasteiger partial charge < -0.3 is 5.32 Å².